The molecule has 0 spiro atoms. The summed E-state index contributed by atoms with van der Waals surface area (Å²) in [5.41, 5.74) is 1.60. The fourth-order valence-corrected chi connectivity index (χ4v) is 24.7. The van der Waals surface area contributed by atoms with Gasteiger partial charge in [-0.05, 0) is 231 Å². The Hall–Kier alpha value is -6.36. The lowest BCUT2D eigenvalue weighted by Gasteiger charge is -2.70. The van der Waals surface area contributed by atoms with Gasteiger partial charge in [0.05, 0.1) is 32.2 Å². The molecule has 12 rings (SSSR count). The van der Waals surface area contributed by atoms with E-state index in [9.17, 15) is 43.5 Å². The smallest absolute Gasteiger partial charge is 0.328 e. The van der Waals surface area contributed by atoms with Crippen molar-refractivity contribution < 1.29 is 62.8 Å². The molecule has 4 unspecified atom stereocenters. The maximum atomic E-state index is 14.8. The number of aliphatic carboxylic acids is 1. The van der Waals surface area contributed by atoms with Gasteiger partial charge in [-0.15, -0.1) is 0 Å². The summed E-state index contributed by atoms with van der Waals surface area (Å²) in [6, 6.07) is 16.0. The number of hydrogen-bond donors (Lipinski definition) is 6. The number of carbonyl (C=O) groups is 8. The number of carbonyl (C=O) groups excluding carboxylic acids is 7. The SMILES string of the molecule is CO.COC(=O)[C@@]1(C)CC[C@]2(C)CC[C@]3(C)C(=CC(=O)[C@@H]4[C@@]5(C)CCC(NC(=O)N[C@@H](Cc6ccccc6)C(=O)O)C(C)(C)[C@@H]5CC[C@]43C)C2C1.COC(=O)[C@H](Cc1ccccc1)NC(=O)NC1CC[C@]2(C)[C@H]3C(=O)C=C4C5C[C@@](C)(C(=O)OC)CC[C@]5(C)CC[C@@]4(C)[C@]3(C)CC[C@H]2C1(C)C. The van der Waals surface area contributed by atoms with E-state index in [-0.39, 0.29) is 138 Å². The first kappa shape index (κ1) is 77.3. The fraction of sp³-hybridized carbons (Fsp3) is 0.714. The standard InChI is InChI=1S/C42H60N2O6.C41H58N2O6.CH4O/c1-37(2)31-15-18-42(7)33(30(45)24-27-28-25-39(4,35(47)50-9)20-19-38(28,3)21-22-41(27,42)6)40(31,5)17-16-32(37)44-36(48)43-29(34(46)49-8)23-26-13-11-10-12-14-26;1-36(2)30-14-17-41(7)32(29(44)23-26-27-24-38(4,34(47)49-8)19-18-37(27,3)20-21-40(26,41)6)39(30,5)16-15-31(36)43-35(48)42-28(33(45)46)22-25-12-10-9-11-13-25;1-2/h10-14,24,28-29,31-33H,15-23,25H2,1-9H3,(H2,43,44,48);9-13,23,27-28,30-32H,14-22,24H2,1-8H3,(H,45,46)(H2,42,43,48);2H,1H3/t28?,29-,31-,32?,33+,38+,39-,40-,41+,42+;27?,28-,30-,31?,32+,37+,38-,39-,40+,41+;/m00./s1. The van der Waals surface area contributed by atoms with Crippen molar-refractivity contribution in [1.29, 1.82) is 0 Å². The van der Waals surface area contributed by atoms with Crippen LogP contribution in [0.4, 0.5) is 9.59 Å². The van der Waals surface area contributed by atoms with Crippen molar-refractivity contribution in [2.45, 2.75) is 250 Å². The van der Waals surface area contributed by atoms with Crippen molar-refractivity contribution in [1.82, 2.24) is 21.3 Å². The van der Waals surface area contributed by atoms with Crippen LogP contribution in [0.1, 0.15) is 224 Å². The minimum atomic E-state index is -1.07. The first-order valence-electron chi connectivity index (χ1n) is 37.9. The Labute approximate surface area is 602 Å². The molecule has 0 saturated heterocycles. The molecule has 101 heavy (non-hydrogen) atoms. The third-order valence-corrected chi connectivity index (χ3v) is 31.1. The molecular formula is C84H122N4O13. The van der Waals surface area contributed by atoms with Gasteiger partial charge in [0.25, 0.3) is 0 Å². The molecule has 6 N–H and O–H groups in total. The third kappa shape index (κ3) is 12.8. The summed E-state index contributed by atoms with van der Waals surface area (Å²) in [5.74, 6) is -0.813. The molecule has 8 saturated carbocycles. The number of aliphatic hydroxyl groups is 1. The fourth-order valence-electron chi connectivity index (χ4n) is 24.7. The monoisotopic (exact) mass is 1390 g/mol. The third-order valence-electron chi connectivity index (χ3n) is 31.1. The molecule has 17 nitrogen and oxygen atoms in total. The van der Waals surface area contributed by atoms with Crippen molar-refractivity contribution in [2.75, 3.05) is 28.4 Å². The van der Waals surface area contributed by atoms with Crippen LogP contribution in [0.15, 0.2) is 84.0 Å². The number of carboxylic acids is 1. The number of esters is 3. The molecule has 8 fully saturated rings. The summed E-state index contributed by atoms with van der Waals surface area (Å²) in [6.07, 6.45) is 20.9. The Kier molecular flexibility index (Phi) is 21.1. The molecule has 20 atom stereocenters. The summed E-state index contributed by atoms with van der Waals surface area (Å²) in [4.78, 5) is 107. The van der Waals surface area contributed by atoms with E-state index in [1.165, 1.54) is 32.5 Å². The second-order valence-corrected chi connectivity index (χ2v) is 36.9. The highest BCUT2D eigenvalue weighted by molar-refractivity contribution is 5.97. The lowest BCUT2D eigenvalue weighted by molar-refractivity contribution is -0.190. The average Bonchev–Trinajstić information content (AvgIpc) is 0.679. The molecule has 17 heteroatoms. The number of rotatable bonds is 12. The quantitative estimate of drug-likeness (QED) is 0.0855. The van der Waals surface area contributed by atoms with Gasteiger partial charge in [-0.3, -0.25) is 19.2 Å². The van der Waals surface area contributed by atoms with Gasteiger partial charge in [-0.1, -0.05) is 155 Å². The van der Waals surface area contributed by atoms with Crippen molar-refractivity contribution >= 4 is 47.5 Å². The average molecular weight is 1400 g/mol. The number of urea groups is 2. The summed E-state index contributed by atoms with van der Waals surface area (Å²) in [5, 5.41) is 29.0. The van der Waals surface area contributed by atoms with Gasteiger partial charge in [-0.2, -0.15) is 0 Å². The molecule has 0 bridgehead atoms. The van der Waals surface area contributed by atoms with E-state index < -0.39 is 40.9 Å². The number of aliphatic hydroxyl groups excluding tert-OH is 1. The second-order valence-electron chi connectivity index (χ2n) is 36.9. The second kappa shape index (κ2) is 27.6. The normalized spacial score (nSPS) is 40.3. The maximum absolute atomic E-state index is 14.8. The Morgan fingerprint density at radius 2 is 0.822 bits per heavy atom. The van der Waals surface area contributed by atoms with Gasteiger partial charge in [0.15, 0.2) is 11.6 Å². The molecular weight excluding hydrogens is 1270 g/mol. The molecule has 4 amide bonds. The highest BCUT2D eigenvalue weighted by Gasteiger charge is 2.73. The predicted octanol–water partition coefficient (Wildman–Crippen LogP) is 14.7. The number of carboxylic acid groups (broad SMARTS) is 1. The number of ether oxygens (including phenoxy) is 3. The van der Waals surface area contributed by atoms with Crippen LogP contribution in [0.25, 0.3) is 0 Å². The van der Waals surface area contributed by atoms with Crippen LogP contribution in [0.3, 0.4) is 0 Å². The summed E-state index contributed by atoms with van der Waals surface area (Å²) >= 11 is 0. The van der Waals surface area contributed by atoms with Gasteiger partial charge in [0.2, 0.25) is 0 Å². The number of allylic oxidation sites excluding steroid dienone is 4. The Morgan fingerprint density at radius 1 is 0.465 bits per heavy atom. The number of hydrogen-bond acceptors (Lipinski definition) is 12. The summed E-state index contributed by atoms with van der Waals surface area (Å²) < 4.78 is 15.6. The number of amides is 4. The van der Waals surface area contributed by atoms with Crippen LogP contribution in [0, 0.1) is 100 Å². The van der Waals surface area contributed by atoms with Crippen molar-refractivity contribution in [2.24, 2.45) is 100 Å². The molecule has 0 heterocycles. The van der Waals surface area contributed by atoms with Crippen LogP contribution in [0.2, 0.25) is 0 Å². The van der Waals surface area contributed by atoms with E-state index in [2.05, 4.69) is 117 Å². The Balaban J connectivity index is 0.000000213. The number of nitrogens with one attached hydrogen (secondary N) is 4. The highest BCUT2D eigenvalue weighted by Crippen LogP contribution is 2.77. The van der Waals surface area contributed by atoms with Gasteiger partial charge in [-0.25, -0.2) is 19.2 Å². The number of methoxy groups -OCH3 is 3. The van der Waals surface area contributed by atoms with E-state index in [1.54, 1.807) is 0 Å². The van der Waals surface area contributed by atoms with Crippen LogP contribution in [-0.4, -0.2) is 110 Å². The zero-order chi connectivity index (χ0) is 74.3. The van der Waals surface area contributed by atoms with E-state index in [0.717, 1.165) is 134 Å². The molecule has 10 aliphatic rings. The largest absolute Gasteiger partial charge is 0.480 e. The van der Waals surface area contributed by atoms with Crippen LogP contribution >= 0.6 is 0 Å². The maximum Gasteiger partial charge on any atom is 0.328 e. The van der Waals surface area contributed by atoms with Crippen molar-refractivity contribution in [3.63, 3.8) is 0 Å². The Bertz CT molecular complexity index is 3590. The first-order chi connectivity index (χ1) is 47.2. The molecule has 0 aliphatic heterocycles. The summed E-state index contributed by atoms with van der Waals surface area (Å²) in [7, 11) is 5.31. The zero-order valence-electron chi connectivity index (χ0n) is 64.2. The number of ketones is 2. The topological polar surface area (TPSA) is 253 Å². The van der Waals surface area contributed by atoms with Crippen molar-refractivity contribution in [3.05, 3.63) is 95.1 Å². The van der Waals surface area contributed by atoms with Crippen LogP contribution < -0.4 is 21.3 Å². The predicted molar refractivity (Wildman–Crippen MR) is 389 cm³/mol. The minimum Gasteiger partial charge on any atom is -0.480 e. The van der Waals surface area contributed by atoms with Gasteiger partial charge < -0.3 is 45.7 Å². The molecule has 2 aromatic rings. The minimum absolute atomic E-state index is 0.0660. The Morgan fingerprint density at radius 3 is 1.18 bits per heavy atom. The molecule has 10 aliphatic carbocycles. The van der Waals surface area contributed by atoms with Crippen LogP contribution in [-0.2, 0) is 55.8 Å². The zero-order valence-corrected chi connectivity index (χ0v) is 64.2. The first-order valence-corrected chi connectivity index (χ1v) is 37.9. The van der Waals surface area contributed by atoms with E-state index in [1.807, 2.05) is 73.7 Å². The number of benzene rings is 2. The van der Waals surface area contributed by atoms with Gasteiger partial charge in [0, 0.05) is 43.9 Å². The van der Waals surface area contributed by atoms with E-state index >= 15 is 0 Å². The molecule has 556 valence electrons. The van der Waals surface area contributed by atoms with E-state index in [0.29, 0.717) is 6.42 Å². The highest BCUT2D eigenvalue weighted by atomic mass is 16.5. The summed E-state index contributed by atoms with van der Waals surface area (Å²) in [6.45, 7) is 32.1. The molecule has 0 radical (unpaired) electrons. The van der Waals surface area contributed by atoms with Crippen LogP contribution in [0.5, 0.6) is 0 Å². The van der Waals surface area contributed by atoms with Crippen molar-refractivity contribution in [3.8, 4) is 0 Å². The molecule has 2 aromatic carbocycles. The van der Waals surface area contributed by atoms with Gasteiger partial charge in [0.1, 0.15) is 12.1 Å². The van der Waals surface area contributed by atoms with Gasteiger partial charge >= 0.3 is 35.9 Å². The lowest BCUT2D eigenvalue weighted by Crippen LogP contribution is -2.68. The van der Waals surface area contributed by atoms with E-state index in [4.69, 9.17) is 19.3 Å². The lowest BCUT2D eigenvalue weighted by atomic mass is 9.33. The molecule has 0 aromatic heterocycles. The number of fused-ring (bicyclic) bond motifs is 14.